The number of nitrogens with zero attached hydrogens (tertiary/aromatic N) is 2. The summed E-state index contributed by atoms with van der Waals surface area (Å²) in [7, 11) is 0. The summed E-state index contributed by atoms with van der Waals surface area (Å²) in [5, 5.41) is 9.33. The van der Waals surface area contributed by atoms with Crippen LogP contribution >= 0.6 is 23.2 Å². The van der Waals surface area contributed by atoms with Crippen molar-refractivity contribution >= 4 is 23.2 Å². The number of aromatic nitrogens is 2. The standard InChI is InChI=1S/C15H19Cl2N3/c1-3-6-18-8-13-10-20(19-11(13)2)9-12-7-14(16)4-5-15(12)17/h4-5,7,10,18H,3,6,8-9H2,1-2H3. The summed E-state index contributed by atoms with van der Waals surface area (Å²) in [4.78, 5) is 0. The van der Waals surface area contributed by atoms with E-state index in [9.17, 15) is 0 Å². The van der Waals surface area contributed by atoms with Gasteiger partial charge in [0.1, 0.15) is 0 Å². The fraction of sp³-hybridized carbons (Fsp3) is 0.400. The molecule has 0 aliphatic rings. The van der Waals surface area contributed by atoms with Gasteiger partial charge in [0.2, 0.25) is 0 Å². The molecule has 20 heavy (non-hydrogen) atoms. The van der Waals surface area contributed by atoms with Crippen molar-refractivity contribution < 1.29 is 0 Å². The Hall–Kier alpha value is -1.03. The predicted molar refractivity (Wildman–Crippen MR) is 84.5 cm³/mol. The van der Waals surface area contributed by atoms with Crippen LogP contribution in [0.15, 0.2) is 24.4 Å². The van der Waals surface area contributed by atoms with Crippen LogP contribution in [-0.2, 0) is 13.1 Å². The highest BCUT2D eigenvalue weighted by molar-refractivity contribution is 6.33. The normalized spacial score (nSPS) is 11.0. The molecule has 0 spiro atoms. The minimum absolute atomic E-state index is 0.633. The van der Waals surface area contributed by atoms with Crippen LogP contribution in [0.5, 0.6) is 0 Å². The third-order valence-electron chi connectivity index (χ3n) is 3.13. The van der Waals surface area contributed by atoms with Gasteiger partial charge in [-0.1, -0.05) is 30.1 Å². The molecule has 0 bridgehead atoms. The monoisotopic (exact) mass is 311 g/mol. The maximum atomic E-state index is 6.18. The number of benzene rings is 1. The Balaban J connectivity index is 2.10. The Kier molecular flexibility index (Phi) is 5.46. The maximum Gasteiger partial charge on any atom is 0.0674 e. The summed E-state index contributed by atoms with van der Waals surface area (Å²) in [6.07, 6.45) is 3.19. The molecule has 1 N–H and O–H groups in total. The summed E-state index contributed by atoms with van der Waals surface area (Å²) in [5.74, 6) is 0. The Morgan fingerprint density at radius 3 is 2.80 bits per heavy atom. The number of hydrogen-bond acceptors (Lipinski definition) is 2. The number of hydrogen-bond donors (Lipinski definition) is 1. The lowest BCUT2D eigenvalue weighted by atomic mass is 10.2. The van der Waals surface area contributed by atoms with Crippen molar-refractivity contribution in [2.45, 2.75) is 33.4 Å². The van der Waals surface area contributed by atoms with Crippen molar-refractivity contribution in [2.75, 3.05) is 6.54 Å². The molecule has 0 aliphatic carbocycles. The molecule has 1 aromatic carbocycles. The topological polar surface area (TPSA) is 29.9 Å². The van der Waals surface area contributed by atoms with E-state index in [2.05, 4.69) is 23.5 Å². The highest BCUT2D eigenvalue weighted by Gasteiger charge is 2.07. The van der Waals surface area contributed by atoms with Crippen molar-refractivity contribution in [3.05, 3.63) is 51.3 Å². The zero-order valence-corrected chi connectivity index (χ0v) is 13.3. The van der Waals surface area contributed by atoms with E-state index in [1.807, 2.05) is 23.7 Å². The Bertz CT molecular complexity index is 578. The van der Waals surface area contributed by atoms with Crippen LogP contribution < -0.4 is 5.32 Å². The highest BCUT2D eigenvalue weighted by Crippen LogP contribution is 2.21. The molecule has 0 unspecified atom stereocenters. The third-order valence-corrected chi connectivity index (χ3v) is 3.73. The van der Waals surface area contributed by atoms with Gasteiger partial charge in [0.05, 0.1) is 12.2 Å². The molecular formula is C15H19Cl2N3. The lowest BCUT2D eigenvalue weighted by molar-refractivity contribution is 0.668. The van der Waals surface area contributed by atoms with Crippen LogP contribution in [0.2, 0.25) is 10.0 Å². The van der Waals surface area contributed by atoms with E-state index in [0.717, 1.165) is 30.8 Å². The van der Waals surface area contributed by atoms with Gasteiger partial charge in [0.25, 0.3) is 0 Å². The molecule has 0 saturated heterocycles. The Morgan fingerprint density at radius 2 is 2.05 bits per heavy atom. The summed E-state index contributed by atoms with van der Waals surface area (Å²) >= 11 is 12.2. The van der Waals surface area contributed by atoms with Crippen LogP contribution in [0.4, 0.5) is 0 Å². The van der Waals surface area contributed by atoms with Gasteiger partial charge in [-0.05, 0) is 43.7 Å². The Labute approximate surface area is 129 Å². The van der Waals surface area contributed by atoms with Gasteiger partial charge in [-0.15, -0.1) is 0 Å². The lowest BCUT2D eigenvalue weighted by Crippen LogP contribution is -2.13. The molecule has 0 atom stereocenters. The summed E-state index contributed by atoms with van der Waals surface area (Å²) in [6, 6.07) is 5.50. The summed E-state index contributed by atoms with van der Waals surface area (Å²) in [6.45, 7) is 6.69. The van der Waals surface area contributed by atoms with Crippen molar-refractivity contribution in [2.24, 2.45) is 0 Å². The van der Waals surface area contributed by atoms with E-state index in [-0.39, 0.29) is 0 Å². The van der Waals surface area contributed by atoms with E-state index in [4.69, 9.17) is 23.2 Å². The number of rotatable bonds is 6. The SMILES string of the molecule is CCCNCc1cn(Cc2cc(Cl)ccc2Cl)nc1C. The zero-order chi connectivity index (χ0) is 14.5. The van der Waals surface area contributed by atoms with Gasteiger partial charge in [-0.2, -0.15) is 5.10 Å². The fourth-order valence-corrected chi connectivity index (χ4v) is 2.42. The molecule has 2 aromatic rings. The molecule has 1 heterocycles. The van der Waals surface area contributed by atoms with E-state index in [0.29, 0.717) is 16.6 Å². The Morgan fingerprint density at radius 1 is 1.25 bits per heavy atom. The largest absolute Gasteiger partial charge is 0.313 e. The molecule has 0 saturated carbocycles. The van der Waals surface area contributed by atoms with Gasteiger partial charge >= 0.3 is 0 Å². The first-order valence-electron chi connectivity index (χ1n) is 6.77. The van der Waals surface area contributed by atoms with Crippen LogP contribution in [0.25, 0.3) is 0 Å². The molecule has 2 rings (SSSR count). The first kappa shape index (κ1) is 15.4. The molecule has 0 fully saturated rings. The highest BCUT2D eigenvalue weighted by atomic mass is 35.5. The fourth-order valence-electron chi connectivity index (χ4n) is 2.05. The van der Waals surface area contributed by atoms with Crippen LogP contribution in [0, 0.1) is 6.92 Å². The minimum atomic E-state index is 0.633. The van der Waals surface area contributed by atoms with Crippen LogP contribution in [-0.4, -0.2) is 16.3 Å². The molecule has 5 heteroatoms. The van der Waals surface area contributed by atoms with E-state index in [1.54, 1.807) is 6.07 Å². The van der Waals surface area contributed by atoms with E-state index in [1.165, 1.54) is 5.56 Å². The number of aryl methyl sites for hydroxylation is 1. The number of nitrogens with one attached hydrogen (secondary N) is 1. The molecule has 0 radical (unpaired) electrons. The average Bonchev–Trinajstić information content (AvgIpc) is 2.75. The van der Waals surface area contributed by atoms with Crippen LogP contribution in [0.3, 0.4) is 0 Å². The second-order valence-electron chi connectivity index (χ2n) is 4.85. The van der Waals surface area contributed by atoms with Crippen molar-refractivity contribution in [3.8, 4) is 0 Å². The van der Waals surface area contributed by atoms with Gasteiger partial charge in [0.15, 0.2) is 0 Å². The molecule has 1 aromatic heterocycles. The van der Waals surface area contributed by atoms with Crippen molar-refractivity contribution in [1.82, 2.24) is 15.1 Å². The first-order chi connectivity index (χ1) is 9.60. The van der Waals surface area contributed by atoms with Gasteiger partial charge in [-0.3, -0.25) is 4.68 Å². The molecule has 0 amide bonds. The number of halogens is 2. The van der Waals surface area contributed by atoms with Gasteiger partial charge in [-0.25, -0.2) is 0 Å². The van der Waals surface area contributed by atoms with Crippen LogP contribution in [0.1, 0.15) is 30.2 Å². The van der Waals surface area contributed by atoms with E-state index < -0.39 is 0 Å². The quantitative estimate of drug-likeness (QED) is 0.816. The summed E-state index contributed by atoms with van der Waals surface area (Å²) in [5.41, 5.74) is 3.25. The smallest absolute Gasteiger partial charge is 0.0674 e. The molecule has 0 aliphatic heterocycles. The van der Waals surface area contributed by atoms with Crippen molar-refractivity contribution in [3.63, 3.8) is 0 Å². The lowest BCUT2D eigenvalue weighted by Gasteiger charge is -2.05. The second kappa shape index (κ2) is 7.11. The van der Waals surface area contributed by atoms with E-state index >= 15 is 0 Å². The summed E-state index contributed by atoms with van der Waals surface area (Å²) < 4.78 is 1.91. The minimum Gasteiger partial charge on any atom is -0.313 e. The third kappa shape index (κ3) is 3.98. The maximum absolute atomic E-state index is 6.18. The van der Waals surface area contributed by atoms with Gasteiger partial charge < -0.3 is 5.32 Å². The predicted octanol–water partition coefficient (Wildman–Crippen LogP) is 4.05. The zero-order valence-electron chi connectivity index (χ0n) is 11.8. The molecular weight excluding hydrogens is 293 g/mol. The first-order valence-corrected chi connectivity index (χ1v) is 7.53. The molecule has 108 valence electrons. The van der Waals surface area contributed by atoms with Crippen molar-refractivity contribution in [1.29, 1.82) is 0 Å². The molecule has 3 nitrogen and oxygen atoms in total. The average molecular weight is 312 g/mol. The second-order valence-corrected chi connectivity index (χ2v) is 5.69. The van der Waals surface area contributed by atoms with Gasteiger partial charge in [0, 0.05) is 28.4 Å².